The number of carbonyl (C=O) groups is 2. The maximum atomic E-state index is 11.9. The van der Waals surface area contributed by atoms with Crippen molar-refractivity contribution < 1.29 is 14.5 Å². The van der Waals surface area contributed by atoms with E-state index in [2.05, 4.69) is 15.8 Å². The lowest BCUT2D eigenvalue weighted by Crippen LogP contribution is -2.20. The summed E-state index contributed by atoms with van der Waals surface area (Å²) in [5.41, 5.74) is 5.30. The fourth-order valence-corrected chi connectivity index (χ4v) is 2.26. The molecule has 0 saturated carbocycles. The van der Waals surface area contributed by atoms with Crippen LogP contribution in [0.3, 0.4) is 0 Å². The zero-order chi connectivity index (χ0) is 19.8. The number of hydrazone groups is 1. The van der Waals surface area contributed by atoms with E-state index in [1.165, 1.54) is 18.3 Å². The lowest BCUT2D eigenvalue weighted by atomic mass is 10.1. The molecule has 8 heteroatoms. The van der Waals surface area contributed by atoms with E-state index in [9.17, 15) is 19.7 Å². The summed E-state index contributed by atoms with van der Waals surface area (Å²) in [5, 5.41) is 17.3. The molecule has 0 heterocycles. The van der Waals surface area contributed by atoms with E-state index in [1.54, 1.807) is 18.2 Å². The number of nitrogens with one attached hydrogen (secondary N) is 2. The van der Waals surface area contributed by atoms with Gasteiger partial charge in [0.05, 0.1) is 16.7 Å². The summed E-state index contributed by atoms with van der Waals surface area (Å²) >= 11 is 0. The monoisotopic (exact) mass is 368 g/mol. The van der Waals surface area contributed by atoms with Crippen molar-refractivity contribution in [3.05, 3.63) is 69.3 Å². The minimum atomic E-state index is -0.527. The van der Waals surface area contributed by atoms with Gasteiger partial charge in [0.2, 0.25) is 11.8 Å². The second-order valence-corrected chi connectivity index (χ2v) is 5.96. The highest BCUT2D eigenvalue weighted by Gasteiger charge is 2.10. The molecule has 0 fully saturated rings. The Bertz CT molecular complexity index is 893. The number of hydrogen-bond donors (Lipinski definition) is 2. The average molecular weight is 368 g/mol. The highest BCUT2D eigenvalue weighted by Crippen LogP contribution is 2.15. The van der Waals surface area contributed by atoms with Gasteiger partial charge in [0.25, 0.3) is 5.69 Å². The average Bonchev–Trinajstić information content (AvgIpc) is 2.63. The van der Waals surface area contributed by atoms with Crippen LogP contribution in [0.1, 0.15) is 29.5 Å². The van der Waals surface area contributed by atoms with Crippen LogP contribution in [0.15, 0.2) is 47.6 Å². The maximum absolute atomic E-state index is 11.9. The molecule has 140 valence electrons. The first-order chi connectivity index (χ1) is 12.9. The maximum Gasteiger partial charge on any atom is 0.278 e. The Morgan fingerprint density at radius 1 is 1.07 bits per heavy atom. The Labute approximate surface area is 156 Å². The number of para-hydroxylation sites is 1. The molecule has 2 aromatic rings. The van der Waals surface area contributed by atoms with Gasteiger partial charge in [-0.05, 0) is 43.2 Å². The molecule has 2 aromatic carbocycles. The van der Waals surface area contributed by atoms with Gasteiger partial charge in [0.15, 0.2) is 0 Å². The molecule has 27 heavy (non-hydrogen) atoms. The summed E-state index contributed by atoms with van der Waals surface area (Å²) in [6.45, 7) is 3.93. The van der Waals surface area contributed by atoms with Gasteiger partial charge in [-0.25, -0.2) is 5.43 Å². The van der Waals surface area contributed by atoms with E-state index < -0.39 is 10.8 Å². The van der Waals surface area contributed by atoms with Crippen LogP contribution in [-0.4, -0.2) is 23.0 Å². The molecule has 2 N–H and O–H groups in total. The number of hydrogen-bond acceptors (Lipinski definition) is 5. The predicted molar refractivity (Wildman–Crippen MR) is 103 cm³/mol. The third-order valence-corrected chi connectivity index (χ3v) is 3.90. The molecule has 8 nitrogen and oxygen atoms in total. The van der Waals surface area contributed by atoms with Gasteiger partial charge in [-0.2, -0.15) is 5.10 Å². The van der Waals surface area contributed by atoms with Crippen molar-refractivity contribution in [2.45, 2.75) is 26.7 Å². The Morgan fingerprint density at radius 3 is 2.48 bits per heavy atom. The second-order valence-electron chi connectivity index (χ2n) is 5.96. The number of anilines is 1. The largest absolute Gasteiger partial charge is 0.326 e. The number of carbonyl (C=O) groups excluding carboxylic acids is 2. The van der Waals surface area contributed by atoms with Gasteiger partial charge in [0, 0.05) is 24.6 Å². The molecular formula is C19H20N4O4. The van der Waals surface area contributed by atoms with Crippen LogP contribution in [-0.2, 0) is 9.59 Å². The SMILES string of the molecule is Cc1ccc(NC(=O)CCC(=O)NN=Cc2ccccc2[N+](=O)[O-])cc1C. The number of nitro groups is 1. The molecule has 0 radical (unpaired) electrons. The number of amides is 2. The molecule has 2 amide bonds. The second kappa shape index (κ2) is 9.23. The van der Waals surface area contributed by atoms with E-state index in [0.717, 1.165) is 11.1 Å². The van der Waals surface area contributed by atoms with Crippen LogP contribution < -0.4 is 10.7 Å². The summed E-state index contributed by atoms with van der Waals surface area (Å²) in [4.78, 5) is 34.1. The lowest BCUT2D eigenvalue weighted by molar-refractivity contribution is -0.385. The van der Waals surface area contributed by atoms with Gasteiger partial charge in [0.1, 0.15) is 0 Å². The van der Waals surface area contributed by atoms with Crippen molar-refractivity contribution in [2.75, 3.05) is 5.32 Å². The highest BCUT2D eigenvalue weighted by molar-refractivity contribution is 5.93. The van der Waals surface area contributed by atoms with Crippen LogP contribution in [0.4, 0.5) is 11.4 Å². The lowest BCUT2D eigenvalue weighted by Gasteiger charge is -2.07. The first-order valence-corrected chi connectivity index (χ1v) is 8.29. The molecule has 0 aromatic heterocycles. The quantitative estimate of drug-likeness (QED) is 0.444. The summed E-state index contributed by atoms with van der Waals surface area (Å²) in [6, 6.07) is 11.6. The number of rotatable bonds is 7. The topological polar surface area (TPSA) is 114 Å². The van der Waals surface area contributed by atoms with Crippen molar-refractivity contribution in [1.29, 1.82) is 0 Å². The van der Waals surface area contributed by atoms with Gasteiger partial charge in [-0.1, -0.05) is 18.2 Å². The summed E-state index contributed by atoms with van der Waals surface area (Å²) in [5.74, 6) is -0.740. The molecule has 0 spiro atoms. The van der Waals surface area contributed by atoms with Crippen molar-refractivity contribution in [1.82, 2.24) is 5.43 Å². The van der Waals surface area contributed by atoms with E-state index in [-0.39, 0.29) is 30.0 Å². The minimum absolute atomic E-state index is 0.000236. The van der Waals surface area contributed by atoms with Crippen LogP contribution in [0.2, 0.25) is 0 Å². The van der Waals surface area contributed by atoms with Crippen LogP contribution >= 0.6 is 0 Å². The van der Waals surface area contributed by atoms with Gasteiger partial charge in [-0.15, -0.1) is 0 Å². The fourth-order valence-electron chi connectivity index (χ4n) is 2.26. The number of benzene rings is 2. The molecule has 0 aliphatic carbocycles. The van der Waals surface area contributed by atoms with Crippen molar-refractivity contribution in [3.63, 3.8) is 0 Å². The molecule has 0 saturated heterocycles. The van der Waals surface area contributed by atoms with E-state index in [1.807, 2.05) is 26.0 Å². The molecule has 0 unspecified atom stereocenters. The zero-order valence-electron chi connectivity index (χ0n) is 15.1. The fraction of sp³-hybridized carbons (Fsp3) is 0.211. The molecule has 0 bridgehead atoms. The Hall–Kier alpha value is -3.55. The number of nitrogens with zero attached hydrogens (tertiary/aromatic N) is 2. The Balaban J connectivity index is 1.81. The molecule has 0 aliphatic rings. The molecular weight excluding hydrogens is 348 g/mol. The Morgan fingerprint density at radius 2 is 1.78 bits per heavy atom. The minimum Gasteiger partial charge on any atom is -0.326 e. The third-order valence-electron chi connectivity index (χ3n) is 3.90. The molecule has 0 atom stereocenters. The number of aryl methyl sites for hydroxylation is 2. The first-order valence-electron chi connectivity index (χ1n) is 8.29. The summed E-state index contributed by atoms with van der Waals surface area (Å²) < 4.78 is 0. The van der Waals surface area contributed by atoms with Gasteiger partial charge >= 0.3 is 0 Å². The zero-order valence-corrected chi connectivity index (χ0v) is 15.1. The van der Waals surface area contributed by atoms with Crippen LogP contribution in [0.5, 0.6) is 0 Å². The van der Waals surface area contributed by atoms with Gasteiger partial charge in [-0.3, -0.25) is 19.7 Å². The predicted octanol–water partition coefficient (Wildman–Crippen LogP) is 3.08. The van der Waals surface area contributed by atoms with E-state index in [4.69, 9.17) is 0 Å². The highest BCUT2D eigenvalue weighted by atomic mass is 16.6. The Kier molecular flexibility index (Phi) is 6.76. The van der Waals surface area contributed by atoms with Crippen molar-refractivity contribution in [3.8, 4) is 0 Å². The van der Waals surface area contributed by atoms with E-state index in [0.29, 0.717) is 5.69 Å². The summed E-state index contributed by atoms with van der Waals surface area (Å²) in [6.07, 6.45) is 1.15. The summed E-state index contributed by atoms with van der Waals surface area (Å²) in [7, 11) is 0. The van der Waals surface area contributed by atoms with E-state index >= 15 is 0 Å². The van der Waals surface area contributed by atoms with Gasteiger partial charge < -0.3 is 5.32 Å². The van der Waals surface area contributed by atoms with Crippen molar-refractivity contribution in [2.24, 2.45) is 5.10 Å². The molecule has 2 rings (SSSR count). The normalized spacial score (nSPS) is 10.6. The number of nitro benzene ring substituents is 1. The standard InChI is InChI=1S/C19H20N4O4/c1-13-7-8-16(11-14(13)2)21-18(24)9-10-19(25)22-20-12-15-5-3-4-6-17(15)23(26)27/h3-8,11-12H,9-10H2,1-2H3,(H,21,24)(H,22,25). The van der Waals surface area contributed by atoms with Crippen LogP contribution in [0.25, 0.3) is 0 Å². The smallest absolute Gasteiger partial charge is 0.278 e. The van der Waals surface area contributed by atoms with Crippen molar-refractivity contribution >= 4 is 29.4 Å². The van der Waals surface area contributed by atoms with Crippen LogP contribution in [0, 0.1) is 24.0 Å². The molecule has 0 aliphatic heterocycles. The third kappa shape index (κ3) is 6.03. The first kappa shape index (κ1) is 19.8.